The van der Waals surface area contributed by atoms with Gasteiger partial charge in [0, 0.05) is 6.54 Å². The van der Waals surface area contributed by atoms with Crippen molar-refractivity contribution in [2.24, 2.45) is 17.6 Å². The van der Waals surface area contributed by atoms with Gasteiger partial charge in [-0.2, -0.15) is 0 Å². The molecule has 14 heteroatoms. The van der Waals surface area contributed by atoms with Crippen molar-refractivity contribution in [2.45, 2.75) is 83.6 Å². The van der Waals surface area contributed by atoms with Crippen LogP contribution in [0.3, 0.4) is 0 Å². The fourth-order valence-corrected chi connectivity index (χ4v) is 3.86. The average molecular weight is 530 g/mol. The van der Waals surface area contributed by atoms with Gasteiger partial charge in [-0.15, -0.1) is 0 Å². The van der Waals surface area contributed by atoms with Crippen LogP contribution in [-0.2, 0) is 28.8 Å². The number of aliphatic hydroxyl groups is 1. The second-order valence-corrected chi connectivity index (χ2v) is 9.89. The number of nitrogens with one attached hydrogen (secondary N) is 3. The number of carboxylic acid groups (broad SMARTS) is 2. The van der Waals surface area contributed by atoms with E-state index in [-0.39, 0.29) is 24.2 Å². The number of likely N-dealkylation sites (tertiary alicyclic amines) is 1. The van der Waals surface area contributed by atoms with Gasteiger partial charge in [0.15, 0.2) is 0 Å². The summed E-state index contributed by atoms with van der Waals surface area (Å²) in [5.41, 5.74) is 5.95. The number of aliphatic carboxylic acids is 2. The molecule has 0 radical (unpaired) electrons. The van der Waals surface area contributed by atoms with E-state index < -0.39 is 72.9 Å². The summed E-state index contributed by atoms with van der Waals surface area (Å²) < 4.78 is 0. The van der Waals surface area contributed by atoms with Gasteiger partial charge in [-0.3, -0.25) is 24.0 Å². The highest BCUT2D eigenvalue weighted by Crippen LogP contribution is 2.20. The van der Waals surface area contributed by atoms with E-state index in [1.54, 1.807) is 27.7 Å². The molecule has 1 aliphatic heterocycles. The molecule has 1 heterocycles. The zero-order valence-corrected chi connectivity index (χ0v) is 21.6. The standard InChI is InChI=1S/C23H39N5O9/c1-11(2)8-13(19(32)26-14(23(36)37)9-17(30)31)25-20(33)15(10-29)27-21(34)16-6-5-7-28(16)22(35)18(24)12(3)4/h11-16,18,29H,5-10,24H2,1-4H3,(H,25,33)(H,26,32)(H,27,34)(H,30,31)(H,36,37)/t13-,14-,15-,16-,18-/m0/s1. The van der Waals surface area contributed by atoms with Crippen LogP contribution in [0.5, 0.6) is 0 Å². The van der Waals surface area contributed by atoms with E-state index in [4.69, 9.17) is 10.8 Å². The first-order valence-electron chi connectivity index (χ1n) is 12.2. The highest BCUT2D eigenvalue weighted by atomic mass is 16.4. The fraction of sp³-hybridized carbons (Fsp3) is 0.739. The van der Waals surface area contributed by atoms with Crippen molar-refractivity contribution in [3.63, 3.8) is 0 Å². The fourth-order valence-electron chi connectivity index (χ4n) is 3.86. The molecule has 0 saturated carbocycles. The van der Waals surface area contributed by atoms with E-state index in [1.165, 1.54) is 4.90 Å². The largest absolute Gasteiger partial charge is 0.481 e. The summed E-state index contributed by atoms with van der Waals surface area (Å²) in [5.74, 6) is -6.15. The topological polar surface area (TPSA) is 228 Å². The Morgan fingerprint density at radius 2 is 1.49 bits per heavy atom. The second-order valence-electron chi connectivity index (χ2n) is 9.89. The van der Waals surface area contributed by atoms with E-state index in [1.807, 2.05) is 0 Å². The summed E-state index contributed by atoms with van der Waals surface area (Å²) in [7, 11) is 0. The predicted octanol–water partition coefficient (Wildman–Crippen LogP) is -1.99. The molecule has 0 unspecified atom stereocenters. The van der Waals surface area contributed by atoms with Gasteiger partial charge in [-0.25, -0.2) is 4.79 Å². The number of aliphatic hydroxyl groups excluding tert-OH is 1. The van der Waals surface area contributed by atoms with Crippen molar-refractivity contribution >= 4 is 35.6 Å². The van der Waals surface area contributed by atoms with Gasteiger partial charge in [0.2, 0.25) is 23.6 Å². The van der Waals surface area contributed by atoms with Gasteiger partial charge in [0.05, 0.1) is 19.1 Å². The van der Waals surface area contributed by atoms with Crippen molar-refractivity contribution in [2.75, 3.05) is 13.2 Å². The molecule has 1 fully saturated rings. The van der Waals surface area contributed by atoms with E-state index in [2.05, 4.69) is 16.0 Å². The summed E-state index contributed by atoms with van der Waals surface area (Å²) in [5, 5.41) is 34.7. The van der Waals surface area contributed by atoms with Gasteiger partial charge >= 0.3 is 11.9 Å². The van der Waals surface area contributed by atoms with Gasteiger partial charge in [0.25, 0.3) is 0 Å². The van der Waals surface area contributed by atoms with Crippen molar-refractivity contribution in [1.29, 1.82) is 0 Å². The number of carbonyl (C=O) groups is 6. The third kappa shape index (κ3) is 9.61. The third-order valence-electron chi connectivity index (χ3n) is 5.99. The average Bonchev–Trinajstić information content (AvgIpc) is 3.29. The molecular weight excluding hydrogens is 490 g/mol. The quantitative estimate of drug-likeness (QED) is 0.131. The maximum Gasteiger partial charge on any atom is 0.326 e. The number of nitrogens with two attached hydrogens (primary N) is 1. The molecule has 1 rings (SSSR count). The molecule has 14 nitrogen and oxygen atoms in total. The molecule has 0 aromatic carbocycles. The van der Waals surface area contributed by atoms with E-state index in [0.717, 1.165) is 0 Å². The maximum absolute atomic E-state index is 12.9. The summed E-state index contributed by atoms with van der Waals surface area (Å²) in [6.07, 6.45) is 0.111. The number of rotatable bonds is 14. The van der Waals surface area contributed by atoms with Crippen LogP contribution in [0, 0.1) is 11.8 Å². The Kier molecular flexibility index (Phi) is 12.4. The summed E-state index contributed by atoms with van der Waals surface area (Å²) in [6.45, 7) is 6.57. The van der Waals surface area contributed by atoms with Crippen LogP contribution >= 0.6 is 0 Å². The van der Waals surface area contributed by atoms with E-state index in [0.29, 0.717) is 19.4 Å². The Hall–Kier alpha value is -3.26. The summed E-state index contributed by atoms with van der Waals surface area (Å²) >= 11 is 0. The van der Waals surface area contributed by atoms with Crippen LogP contribution in [0.4, 0.5) is 0 Å². The normalized spacial score (nSPS) is 18.6. The van der Waals surface area contributed by atoms with Gasteiger partial charge in [-0.1, -0.05) is 27.7 Å². The molecule has 0 aromatic heterocycles. The van der Waals surface area contributed by atoms with Crippen molar-refractivity contribution in [3.05, 3.63) is 0 Å². The molecule has 210 valence electrons. The van der Waals surface area contributed by atoms with Crippen molar-refractivity contribution in [3.8, 4) is 0 Å². The lowest BCUT2D eigenvalue weighted by Crippen LogP contribution is -2.59. The first kappa shape index (κ1) is 31.8. The van der Waals surface area contributed by atoms with Crippen LogP contribution in [0.1, 0.15) is 53.4 Å². The minimum absolute atomic E-state index is 0.0705. The molecule has 5 atom stereocenters. The Morgan fingerprint density at radius 1 is 0.919 bits per heavy atom. The van der Waals surface area contributed by atoms with Crippen molar-refractivity contribution < 1.29 is 44.1 Å². The highest BCUT2D eigenvalue weighted by Gasteiger charge is 2.38. The molecule has 37 heavy (non-hydrogen) atoms. The van der Waals surface area contributed by atoms with Crippen LogP contribution < -0.4 is 21.7 Å². The summed E-state index contributed by atoms with van der Waals surface area (Å²) in [4.78, 5) is 74.7. The molecule has 1 aliphatic rings. The van der Waals surface area contributed by atoms with Gasteiger partial charge in [-0.05, 0) is 31.1 Å². The lowest BCUT2D eigenvalue weighted by Gasteiger charge is -2.29. The smallest absolute Gasteiger partial charge is 0.326 e. The Bertz CT molecular complexity index is 864. The Morgan fingerprint density at radius 3 is 1.97 bits per heavy atom. The zero-order valence-electron chi connectivity index (χ0n) is 21.6. The predicted molar refractivity (Wildman–Crippen MR) is 130 cm³/mol. The van der Waals surface area contributed by atoms with Gasteiger partial charge in [0.1, 0.15) is 24.2 Å². The number of hydrogen-bond acceptors (Lipinski definition) is 8. The molecule has 8 N–H and O–H groups in total. The van der Waals surface area contributed by atoms with Gasteiger partial charge < -0.3 is 41.9 Å². The lowest BCUT2D eigenvalue weighted by atomic mass is 10.0. The van der Waals surface area contributed by atoms with Crippen LogP contribution in [0.25, 0.3) is 0 Å². The molecule has 1 saturated heterocycles. The number of hydrogen-bond donors (Lipinski definition) is 7. The first-order valence-corrected chi connectivity index (χ1v) is 12.2. The molecule has 0 aromatic rings. The SMILES string of the molecule is CC(C)C[C@H](NC(=O)[C@H](CO)NC(=O)[C@@H]1CCCN1C(=O)[C@@H](N)C(C)C)C(=O)N[C@@H](CC(=O)O)C(=O)O. The maximum atomic E-state index is 12.9. The van der Waals surface area contributed by atoms with E-state index in [9.17, 15) is 39.0 Å². The number of carbonyl (C=O) groups excluding carboxylic acids is 4. The van der Waals surface area contributed by atoms with Crippen LogP contribution in [0.15, 0.2) is 0 Å². The Balaban J connectivity index is 2.94. The van der Waals surface area contributed by atoms with Crippen LogP contribution in [-0.4, -0.2) is 99.1 Å². The number of carboxylic acids is 2. The zero-order chi connectivity index (χ0) is 28.4. The highest BCUT2D eigenvalue weighted by molar-refractivity contribution is 5.96. The van der Waals surface area contributed by atoms with Crippen LogP contribution in [0.2, 0.25) is 0 Å². The number of nitrogens with zero attached hydrogens (tertiary/aromatic N) is 1. The summed E-state index contributed by atoms with van der Waals surface area (Å²) in [6, 6.07) is -6.10. The Labute approximate surface area is 215 Å². The van der Waals surface area contributed by atoms with E-state index >= 15 is 0 Å². The molecular formula is C23H39N5O9. The second kappa shape index (κ2) is 14.5. The minimum atomic E-state index is -1.71. The van der Waals surface area contributed by atoms with Crippen molar-refractivity contribution in [1.82, 2.24) is 20.9 Å². The lowest BCUT2D eigenvalue weighted by molar-refractivity contribution is -0.147. The number of amides is 4. The molecule has 0 spiro atoms. The molecule has 4 amide bonds. The monoisotopic (exact) mass is 529 g/mol. The molecule has 0 bridgehead atoms. The first-order chi connectivity index (χ1) is 17.2. The molecule has 0 aliphatic carbocycles. The third-order valence-corrected chi connectivity index (χ3v) is 5.99. The minimum Gasteiger partial charge on any atom is -0.481 e.